The van der Waals surface area contributed by atoms with Gasteiger partial charge in [0.15, 0.2) is 11.3 Å². The number of rotatable bonds is 3. The quantitative estimate of drug-likeness (QED) is 0.689. The predicted molar refractivity (Wildman–Crippen MR) is 89.2 cm³/mol. The predicted octanol–water partition coefficient (Wildman–Crippen LogP) is 4.33. The molecule has 1 aromatic heterocycles. The van der Waals surface area contributed by atoms with Gasteiger partial charge in [-0.15, -0.1) is 0 Å². The van der Waals surface area contributed by atoms with E-state index in [-0.39, 0.29) is 28.1 Å². The maximum absolute atomic E-state index is 12.2. The fourth-order valence-electron chi connectivity index (χ4n) is 2.22. The number of nitrogens with one attached hydrogen (secondary N) is 1. The summed E-state index contributed by atoms with van der Waals surface area (Å²) in [5.74, 6) is -0.510. The van der Waals surface area contributed by atoms with Crippen molar-refractivity contribution in [3.8, 4) is 5.75 Å². The van der Waals surface area contributed by atoms with Crippen LogP contribution in [-0.4, -0.2) is 16.2 Å². The minimum Gasteiger partial charge on any atom is -0.505 e. The van der Waals surface area contributed by atoms with Crippen molar-refractivity contribution in [2.24, 2.45) is 0 Å². The molecule has 0 aliphatic rings. The molecule has 0 saturated carbocycles. The van der Waals surface area contributed by atoms with Gasteiger partial charge in [0.25, 0.3) is 0 Å². The summed E-state index contributed by atoms with van der Waals surface area (Å²) < 4.78 is 5.20. The number of benzene rings is 2. The zero-order valence-corrected chi connectivity index (χ0v) is 13.6. The number of aromatic hydroxyl groups is 1. The molecule has 0 fully saturated rings. The van der Waals surface area contributed by atoms with Gasteiger partial charge in [0, 0.05) is 11.1 Å². The summed E-state index contributed by atoms with van der Waals surface area (Å²) in [4.78, 5) is 12.2. The molecule has 1 amide bonds. The van der Waals surface area contributed by atoms with Crippen molar-refractivity contribution in [2.45, 2.75) is 13.3 Å². The second-order valence-electron chi connectivity index (χ2n) is 5.14. The molecule has 5 nitrogen and oxygen atoms in total. The third kappa shape index (κ3) is 3.25. The molecular weight excluding hydrogens is 339 g/mol. The van der Waals surface area contributed by atoms with Crippen molar-refractivity contribution in [3.05, 3.63) is 51.6 Å². The van der Waals surface area contributed by atoms with Gasteiger partial charge < -0.3 is 14.9 Å². The third-order valence-electron chi connectivity index (χ3n) is 3.33. The van der Waals surface area contributed by atoms with Crippen molar-refractivity contribution in [2.75, 3.05) is 5.32 Å². The van der Waals surface area contributed by atoms with Gasteiger partial charge in [-0.2, -0.15) is 0 Å². The van der Waals surface area contributed by atoms with E-state index in [9.17, 15) is 9.90 Å². The lowest BCUT2D eigenvalue weighted by atomic mass is 10.1. The summed E-state index contributed by atoms with van der Waals surface area (Å²) in [5.41, 5.74) is 2.64. The Hall–Kier alpha value is -2.24. The lowest BCUT2D eigenvalue weighted by molar-refractivity contribution is -0.115. The number of phenols is 1. The number of phenolic OH excluding ortho intramolecular Hbond substituents is 1. The summed E-state index contributed by atoms with van der Waals surface area (Å²) >= 11 is 11.7. The van der Waals surface area contributed by atoms with Crippen LogP contribution in [0.4, 0.5) is 5.69 Å². The van der Waals surface area contributed by atoms with Crippen LogP contribution < -0.4 is 5.32 Å². The number of amides is 1. The van der Waals surface area contributed by atoms with E-state index in [2.05, 4.69) is 10.5 Å². The first-order valence-corrected chi connectivity index (χ1v) is 7.52. The summed E-state index contributed by atoms with van der Waals surface area (Å²) in [5, 5.41) is 17.1. The molecule has 0 radical (unpaired) electrons. The molecule has 23 heavy (non-hydrogen) atoms. The largest absolute Gasteiger partial charge is 0.505 e. The monoisotopic (exact) mass is 350 g/mol. The highest BCUT2D eigenvalue weighted by molar-refractivity contribution is 6.37. The van der Waals surface area contributed by atoms with Gasteiger partial charge in [-0.3, -0.25) is 4.79 Å². The minimum atomic E-state index is -0.292. The summed E-state index contributed by atoms with van der Waals surface area (Å²) in [6, 6.07) is 8.50. The smallest absolute Gasteiger partial charge is 0.230 e. The van der Waals surface area contributed by atoms with E-state index in [0.29, 0.717) is 17.0 Å². The first-order chi connectivity index (χ1) is 10.9. The zero-order chi connectivity index (χ0) is 16.6. The van der Waals surface area contributed by atoms with Crippen molar-refractivity contribution in [3.63, 3.8) is 0 Å². The number of fused-ring (bicyclic) bond motifs is 1. The molecular formula is C16H12Cl2N2O3. The molecule has 0 unspecified atom stereocenters. The maximum Gasteiger partial charge on any atom is 0.230 e. The first-order valence-electron chi connectivity index (χ1n) is 6.77. The van der Waals surface area contributed by atoms with Crippen molar-refractivity contribution in [1.29, 1.82) is 0 Å². The fourth-order valence-corrected chi connectivity index (χ4v) is 2.71. The molecule has 0 saturated heterocycles. The zero-order valence-electron chi connectivity index (χ0n) is 12.1. The number of anilines is 1. The second-order valence-corrected chi connectivity index (χ2v) is 5.96. The van der Waals surface area contributed by atoms with Crippen molar-refractivity contribution >= 4 is 45.8 Å². The second kappa shape index (κ2) is 6.10. The highest BCUT2D eigenvalue weighted by atomic mass is 35.5. The van der Waals surface area contributed by atoms with Crippen LogP contribution in [0.3, 0.4) is 0 Å². The number of halogens is 2. The summed E-state index contributed by atoms with van der Waals surface area (Å²) in [7, 11) is 0. The van der Waals surface area contributed by atoms with Crippen LogP contribution in [0.25, 0.3) is 11.0 Å². The number of carbonyl (C=O) groups is 1. The van der Waals surface area contributed by atoms with Gasteiger partial charge in [0.05, 0.1) is 16.5 Å². The molecule has 7 heteroatoms. The van der Waals surface area contributed by atoms with Gasteiger partial charge in [-0.1, -0.05) is 40.0 Å². The van der Waals surface area contributed by atoms with Crippen LogP contribution >= 0.6 is 23.2 Å². The lowest BCUT2D eigenvalue weighted by Gasteiger charge is -2.07. The number of hydrogen-bond acceptors (Lipinski definition) is 4. The number of hydrogen-bond donors (Lipinski definition) is 2. The molecule has 3 aromatic rings. The Bertz CT molecular complexity index is 882. The van der Waals surface area contributed by atoms with Gasteiger partial charge in [0.2, 0.25) is 5.91 Å². The van der Waals surface area contributed by atoms with Crippen LogP contribution in [0.5, 0.6) is 5.75 Å². The number of nitrogens with zero attached hydrogens (tertiary/aromatic N) is 1. The summed E-state index contributed by atoms with van der Waals surface area (Å²) in [6.07, 6.45) is 0.0482. The van der Waals surface area contributed by atoms with E-state index in [1.165, 1.54) is 12.1 Å². The average Bonchev–Trinajstić information content (AvgIpc) is 2.87. The Morgan fingerprint density at radius 1 is 1.26 bits per heavy atom. The molecule has 2 aromatic carbocycles. The standard InChI is InChI=1S/C16H12Cl2N2O3/c1-8-2-3-14-10(4-8)13(20-23-14)7-15(21)19-9-5-11(17)16(22)12(18)6-9/h2-6,22H,7H2,1H3,(H,19,21). The van der Waals surface area contributed by atoms with Gasteiger partial charge >= 0.3 is 0 Å². The van der Waals surface area contributed by atoms with Crippen LogP contribution in [0.2, 0.25) is 10.0 Å². The molecule has 0 aliphatic carbocycles. The van der Waals surface area contributed by atoms with E-state index >= 15 is 0 Å². The number of carbonyl (C=O) groups excluding carboxylic acids is 1. The molecule has 2 N–H and O–H groups in total. The Labute approximate surface area is 141 Å². The van der Waals surface area contributed by atoms with Crippen molar-refractivity contribution in [1.82, 2.24) is 5.16 Å². The van der Waals surface area contributed by atoms with E-state index in [1.807, 2.05) is 25.1 Å². The molecule has 0 aliphatic heterocycles. The van der Waals surface area contributed by atoms with E-state index in [4.69, 9.17) is 27.7 Å². The van der Waals surface area contributed by atoms with Crippen molar-refractivity contribution < 1.29 is 14.4 Å². The lowest BCUT2D eigenvalue weighted by Crippen LogP contribution is -2.14. The first kappa shape index (κ1) is 15.6. The third-order valence-corrected chi connectivity index (χ3v) is 3.91. The Morgan fingerprint density at radius 3 is 2.65 bits per heavy atom. The molecule has 0 bridgehead atoms. The Kier molecular flexibility index (Phi) is 4.15. The average molecular weight is 351 g/mol. The molecule has 0 spiro atoms. The minimum absolute atomic E-state index is 0.0482. The SMILES string of the molecule is Cc1ccc2onc(CC(=O)Nc3cc(Cl)c(O)c(Cl)c3)c2c1. The highest BCUT2D eigenvalue weighted by Gasteiger charge is 2.14. The van der Waals surface area contributed by atoms with E-state index in [1.54, 1.807) is 0 Å². The van der Waals surface area contributed by atoms with E-state index < -0.39 is 0 Å². The Morgan fingerprint density at radius 2 is 1.96 bits per heavy atom. The maximum atomic E-state index is 12.2. The Balaban J connectivity index is 1.80. The highest BCUT2D eigenvalue weighted by Crippen LogP contribution is 2.34. The van der Waals surface area contributed by atoms with E-state index in [0.717, 1.165) is 10.9 Å². The number of aromatic nitrogens is 1. The van der Waals surface area contributed by atoms with Crippen LogP contribution in [-0.2, 0) is 11.2 Å². The van der Waals surface area contributed by atoms with Crippen LogP contribution in [0.15, 0.2) is 34.9 Å². The van der Waals surface area contributed by atoms with Crippen LogP contribution in [0.1, 0.15) is 11.3 Å². The van der Waals surface area contributed by atoms with Gasteiger partial charge in [-0.05, 0) is 31.2 Å². The van der Waals surface area contributed by atoms with Crippen LogP contribution in [0, 0.1) is 6.92 Å². The molecule has 3 rings (SSSR count). The topological polar surface area (TPSA) is 75.4 Å². The molecule has 1 heterocycles. The number of aryl methyl sites for hydroxylation is 1. The molecule has 118 valence electrons. The normalized spacial score (nSPS) is 10.9. The van der Waals surface area contributed by atoms with Gasteiger partial charge in [0.1, 0.15) is 5.69 Å². The summed E-state index contributed by atoms with van der Waals surface area (Å²) in [6.45, 7) is 1.96. The molecule has 0 atom stereocenters. The van der Waals surface area contributed by atoms with Gasteiger partial charge in [-0.25, -0.2) is 0 Å². The fraction of sp³-hybridized carbons (Fsp3) is 0.125.